The molecule has 2 rings (SSSR count). The Balaban J connectivity index is 2.08. The van der Waals surface area contributed by atoms with Crippen molar-refractivity contribution < 1.29 is 9.53 Å². The Morgan fingerprint density at radius 3 is 2.86 bits per heavy atom. The van der Waals surface area contributed by atoms with E-state index in [1.807, 2.05) is 36.7 Å². The molecule has 2 aromatic rings. The molecule has 0 fully saturated rings. The number of ether oxygens (including phenoxy) is 1. The average Bonchev–Trinajstić information content (AvgIpc) is 3.01. The van der Waals surface area contributed by atoms with Gasteiger partial charge in [0, 0.05) is 30.4 Å². The van der Waals surface area contributed by atoms with Crippen LogP contribution >= 0.6 is 11.3 Å². The zero-order valence-electron chi connectivity index (χ0n) is 13.3. The maximum absolute atomic E-state index is 12.2. The van der Waals surface area contributed by atoms with Gasteiger partial charge in [-0.1, -0.05) is 0 Å². The molecule has 0 bridgehead atoms. The van der Waals surface area contributed by atoms with E-state index in [9.17, 15) is 4.79 Å². The fourth-order valence-electron chi connectivity index (χ4n) is 2.20. The number of aryl methyl sites for hydroxylation is 1. The third kappa shape index (κ3) is 3.74. The summed E-state index contributed by atoms with van der Waals surface area (Å²) < 4.78 is 5.40. The van der Waals surface area contributed by atoms with Crippen LogP contribution < -0.4 is 4.74 Å². The van der Waals surface area contributed by atoms with Crippen LogP contribution in [-0.4, -0.2) is 29.9 Å². The van der Waals surface area contributed by atoms with Crippen LogP contribution in [0, 0.1) is 13.8 Å². The molecule has 2 aromatic heterocycles. The largest absolute Gasteiger partial charge is 0.496 e. The van der Waals surface area contributed by atoms with Crippen molar-refractivity contribution in [2.75, 3.05) is 14.2 Å². The van der Waals surface area contributed by atoms with Crippen LogP contribution in [0.1, 0.15) is 22.4 Å². The lowest BCUT2D eigenvalue weighted by atomic mass is 10.1. The third-order valence-corrected chi connectivity index (χ3v) is 4.18. The van der Waals surface area contributed by atoms with Crippen LogP contribution in [0.3, 0.4) is 0 Å². The standard InChI is InChI=1S/C17H20N2O2S/c1-12-9-18-15(13(2)17(12)21-4)10-19(3)16(20)6-5-14-7-8-22-11-14/h5-9,11H,10H2,1-4H3/b6-5-. The Morgan fingerprint density at radius 2 is 2.23 bits per heavy atom. The van der Waals surface area contributed by atoms with Crippen molar-refractivity contribution in [1.29, 1.82) is 0 Å². The van der Waals surface area contributed by atoms with E-state index in [4.69, 9.17) is 4.74 Å². The number of aromatic nitrogens is 1. The predicted molar refractivity (Wildman–Crippen MR) is 90.1 cm³/mol. The minimum absolute atomic E-state index is 0.0491. The molecule has 0 aliphatic heterocycles. The summed E-state index contributed by atoms with van der Waals surface area (Å²) in [6, 6.07) is 1.98. The topological polar surface area (TPSA) is 42.4 Å². The van der Waals surface area contributed by atoms with Crippen LogP contribution in [0.25, 0.3) is 6.08 Å². The Kier molecular flexibility index (Phi) is 5.33. The number of hydrogen-bond acceptors (Lipinski definition) is 4. The van der Waals surface area contributed by atoms with Gasteiger partial charge in [0.25, 0.3) is 0 Å². The summed E-state index contributed by atoms with van der Waals surface area (Å²) in [4.78, 5) is 18.2. The highest BCUT2D eigenvalue weighted by atomic mass is 32.1. The Morgan fingerprint density at radius 1 is 1.45 bits per heavy atom. The van der Waals surface area contributed by atoms with Gasteiger partial charge in [-0.2, -0.15) is 11.3 Å². The molecule has 2 heterocycles. The zero-order chi connectivity index (χ0) is 16.1. The Bertz CT molecular complexity index is 678. The van der Waals surface area contributed by atoms with Crippen LogP contribution in [0.5, 0.6) is 5.75 Å². The van der Waals surface area contributed by atoms with Gasteiger partial charge in [0.1, 0.15) is 5.75 Å². The van der Waals surface area contributed by atoms with Gasteiger partial charge < -0.3 is 9.64 Å². The van der Waals surface area contributed by atoms with Crippen molar-refractivity contribution in [3.63, 3.8) is 0 Å². The quantitative estimate of drug-likeness (QED) is 0.794. The summed E-state index contributed by atoms with van der Waals surface area (Å²) in [6.07, 6.45) is 5.19. The van der Waals surface area contributed by atoms with Gasteiger partial charge in [-0.3, -0.25) is 9.78 Å². The molecule has 0 unspecified atom stereocenters. The van der Waals surface area contributed by atoms with E-state index in [0.29, 0.717) is 6.54 Å². The van der Waals surface area contributed by atoms with E-state index in [1.54, 1.807) is 42.7 Å². The average molecular weight is 316 g/mol. The van der Waals surface area contributed by atoms with E-state index in [-0.39, 0.29) is 5.91 Å². The number of amides is 1. The third-order valence-electron chi connectivity index (χ3n) is 3.47. The number of pyridine rings is 1. The van der Waals surface area contributed by atoms with Crippen LogP contribution in [0.2, 0.25) is 0 Å². The summed E-state index contributed by atoms with van der Waals surface area (Å²) in [5.74, 6) is 0.784. The van der Waals surface area contributed by atoms with E-state index in [0.717, 1.165) is 28.1 Å². The zero-order valence-corrected chi connectivity index (χ0v) is 14.1. The van der Waals surface area contributed by atoms with Gasteiger partial charge in [-0.15, -0.1) is 0 Å². The van der Waals surface area contributed by atoms with Crippen molar-refractivity contribution in [2.24, 2.45) is 0 Å². The maximum Gasteiger partial charge on any atom is 0.246 e. The highest BCUT2D eigenvalue weighted by Crippen LogP contribution is 2.24. The van der Waals surface area contributed by atoms with Gasteiger partial charge in [0.05, 0.1) is 19.3 Å². The first-order valence-electron chi connectivity index (χ1n) is 6.97. The highest BCUT2D eigenvalue weighted by molar-refractivity contribution is 7.08. The van der Waals surface area contributed by atoms with E-state index in [2.05, 4.69) is 4.98 Å². The van der Waals surface area contributed by atoms with E-state index < -0.39 is 0 Å². The van der Waals surface area contributed by atoms with Gasteiger partial charge in [-0.25, -0.2) is 0 Å². The molecule has 0 spiro atoms. The lowest BCUT2D eigenvalue weighted by Gasteiger charge is -2.18. The SMILES string of the molecule is COc1c(C)cnc(CN(C)C(=O)/C=C\c2ccsc2)c1C. The van der Waals surface area contributed by atoms with Gasteiger partial charge in [-0.05, 0) is 42.3 Å². The number of likely N-dealkylation sites (N-methyl/N-ethyl adjacent to an activating group) is 1. The molecule has 0 aliphatic rings. The number of hydrogen-bond donors (Lipinski definition) is 0. The summed E-state index contributed by atoms with van der Waals surface area (Å²) in [5, 5.41) is 3.99. The van der Waals surface area contributed by atoms with Crippen molar-refractivity contribution in [1.82, 2.24) is 9.88 Å². The fraction of sp³-hybridized carbons (Fsp3) is 0.294. The van der Waals surface area contributed by atoms with Crippen molar-refractivity contribution in [3.8, 4) is 5.75 Å². The second-order valence-corrected chi connectivity index (χ2v) is 5.91. The normalized spacial score (nSPS) is 10.9. The first kappa shape index (κ1) is 16.2. The number of thiophene rings is 1. The monoisotopic (exact) mass is 316 g/mol. The fourth-order valence-corrected chi connectivity index (χ4v) is 2.83. The predicted octanol–water partition coefficient (Wildman–Crippen LogP) is 3.44. The van der Waals surface area contributed by atoms with E-state index in [1.165, 1.54) is 0 Å². The highest BCUT2D eigenvalue weighted by Gasteiger charge is 2.13. The number of carbonyl (C=O) groups excluding carboxylic acids is 1. The molecule has 0 aromatic carbocycles. The number of rotatable bonds is 5. The minimum atomic E-state index is -0.0491. The molecule has 4 nitrogen and oxygen atoms in total. The van der Waals surface area contributed by atoms with Crippen LogP contribution in [0.4, 0.5) is 0 Å². The van der Waals surface area contributed by atoms with Crippen molar-refractivity contribution in [2.45, 2.75) is 20.4 Å². The minimum Gasteiger partial charge on any atom is -0.496 e. The molecule has 0 saturated heterocycles. The van der Waals surface area contributed by atoms with Gasteiger partial charge >= 0.3 is 0 Å². The molecule has 0 atom stereocenters. The first-order valence-corrected chi connectivity index (χ1v) is 7.91. The summed E-state index contributed by atoms with van der Waals surface area (Å²) in [5.41, 5.74) is 3.86. The number of carbonyl (C=O) groups is 1. The molecular formula is C17H20N2O2S. The summed E-state index contributed by atoms with van der Waals surface area (Å²) >= 11 is 1.61. The number of methoxy groups -OCH3 is 1. The second-order valence-electron chi connectivity index (χ2n) is 5.13. The second kappa shape index (κ2) is 7.22. The Labute approximate surface area is 135 Å². The molecular weight excluding hydrogens is 296 g/mol. The molecule has 0 saturated carbocycles. The lowest BCUT2D eigenvalue weighted by molar-refractivity contribution is -0.125. The molecule has 116 valence electrons. The van der Waals surface area contributed by atoms with Crippen molar-refractivity contribution in [3.05, 3.63) is 51.5 Å². The van der Waals surface area contributed by atoms with Crippen LogP contribution in [-0.2, 0) is 11.3 Å². The molecule has 1 amide bonds. The molecule has 0 radical (unpaired) electrons. The number of nitrogens with zero attached hydrogens (tertiary/aromatic N) is 2. The molecule has 0 aliphatic carbocycles. The van der Waals surface area contributed by atoms with Crippen molar-refractivity contribution >= 4 is 23.3 Å². The van der Waals surface area contributed by atoms with E-state index >= 15 is 0 Å². The lowest BCUT2D eigenvalue weighted by Crippen LogP contribution is -2.25. The smallest absolute Gasteiger partial charge is 0.246 e. The maximum atomic E-state index is 12.2. The molecule has 22 heavy (non-hydrogen) atoms. The van der Waals surface area contributed by atoms with Crippen LogP contribution in [0.15, 0.2) is 29.1 Å². The summed E-state index contributed by atoms with van der Waals surface area (Å²) in [7, 11) is 3.42. The summed E-state index contributed by atoms with van der Waals surface area (Å²) in [6.45, 7) is 4.38. The van der Waals surface area contributed by atoms with Gasteiger partial charge in [0.2, 0.25) is 5.91 Å². The molecule has 5 heteroatoms. The molecule has 0 N–H and O–H groups in total. The van der Waals surface area contributed by atoms with Gasteiger partial charge in [0.15, 0.2) is 0 Å². The first-order chi connectivity index (χ1) is 10.5. The Hall–Kier alpha value is -2.14.